The maximum Gasteiger partial charge on any atom is 0.465 e. The molecule has 3 nitrogen and oxygen atoms in total. The average molecular weight is 289 g/mol. The molecule has 0 amide bonds. The molecule has 2 aliphatic heterocycles. The minimum absolute atomic E-state index is 0.0747. The number of hydrogen-bond acceptors (Lipinski definition) is 3. The second kappa shape index (κ2) is 6.93. The third-order valence-electron chi connectivity index (χ3n) is 4.75. The number of aliphatic imine (C=N–C) groups is 1. The van der Waals surface area contributed by atoms with Gasteiger partial charge in [-0.1, -0.05) is 45.9 Å². The minimum Gasteiger partial charge on any atom is -0.410 e. The Morgan fingerprint density at radius 2 is 2.10 bits per heavy atom. The van der Waals surface area contributed by atoms with Crippen LogP contribution >= 0.6 is 0 Å². The highest BCUT2D eigenvalue weighted by Gasteiger charge is 2.42. The summed E-state index contributed by atoms with van der Waals surface area (Å²) in [5, 5.41) is 0. The molecule has 3 atom stereocenters. The van der Waals surface area contributed by atoms with Gasteiger partial charge in [-0.05, 0) is 19.3 Å². The molecule has 116 valence electrons. The fraction of sp³-hybridized carbons (Fsp3) is 0.706. The molecule has 2 heterocycles. The van der Waals surface area contributed by atoms with Gasteiger partial charge in [-0.15, -0.1) is 0 Å². The Labute approximate surface area is 129 Å². The SMILES string of the molecule is CCC1=N/C=C/C(B2OCC(C)(C)C(C)O2)C(C)/C=C\C1. The normalized spacial score (nSPS) is 36.1. The molecule has 0 bridgehead atoms. The van der Waals surface area contributed by atoms with Gasteiger partial charge >= 0.3 is 7.12 Å². The highest BCUT2D eigenvalue weighted by atomic mass is 16.6. The molecule has 4 heteroatoms. The van der Waals surface area contributed by atoms with Crippen molar-refractivity contribution in [1.82, 2.24) is 0 Å². The highest BCUT2D eigenvalue weighted by Crippen LogP contribution is 2.35. The van der Waals surface area contributed by atoms with Gasteiger partial charge in [0, 0.05) is 42.3 Å². The van der Waals surface area contributed by atoms with E-state index in [9.17, 15) is 0 Å². The lowest BCUT2D eigenvalue weighted by atomic mass is 9.63. The van der Waals surface area contributed by atoms with Crippen LogP contribution in [0.1, 0.15) is 47.5 Å². The summed E-state index contributed by atoms with van der Waals surface area (Å²) in [4.78, 5) is 4.56. The first-order valence-corrected chi connectivity index (χ1v) is 8.10. The van der Waals surface area contributed by atoms with Crippen LogP contribution in [0, 0.1) is 11.3 Å². The third kappa shape index (κ3) is 4.07. The number of hydrogen-bond donors (Lipinski definition) is 0. The van der Waals surface area contributed by atoms with Gasteiger partial charge in [0.1, 0.15) is 0 Å². The molecule has 0 radical (unpaired) electrons. The minimum atomic E-state index is -0.178. The van der Waals surface area contributed by atoms with E-state index in [0.717, 1.165) is 19.4 Å². The largest absolute Gasteiger partial charge is 0.465 e. The van der Waals surface area contributed by atoms with E-state index in [2.05, 4.69) is 57.8 Å². The van der Waals surface area contributed by atoms with Crippen LogP contribution in [0.4, 0.5) is 0 Å². The first-order chi connectivity index (χ1) is 9.94. The van der Waals surface area contributed by atoms with Gasteiger partial charge in [0.25, 0.3) is 0 Å². The molecular weight excluding hydrogens is 261 g/mol. The van der Waals surface area contributed by atoms with Crippen molar-refractivity contribution in [3.05, 3.63) is 24.4 Å². The monoisotopic (exact) mass is 289 g/mol. The Bertz CT molecular complexity index is 442. The van der Waals surface area contributed by atoms with Crippen LogP contribution in [0.15, 0.2) is 29.4 Å². The van der Waals surface area contributed by atoms with Crippen molar-refractivity contribution >= 4 is 12.8 Å². The van der Waals surface area contributed by atoms with Crippen LogP contribution in [0.2, 0.25) is 5.82 Å². The Morgan fingerprint density at radius 1 is 1.33 bits per heavy atom. The highest BCUT2D eigenvalue weighted by molar-refractivity contribution is 6.47. The van der Waals surface area contributed by atoms with Gasteiger partial charge in [-0.3, -0.25) is 4.99 Å². The van der Waals surface area contributed by atoms with Crippen molar-refractivity contribution in [2.24, 2.45) is 16.3 Å². The quantitative estimate of drug-likeness (QED) is 0.561. The summed E-state index contributed by atoms with van der Waals surface area (Å²) in [6.07, 6.45) is 10.7. The fourth-order valence-electron chi connectivity index (χ4n) is 2.64. The smallest absolute Gasteiger partial charge is 0.410 e. The van der Waals surface area contributed by atoms with E-state index in [1.54, 1.807) is 0 Å². The Morgan fingerprint density at radius 3 is 2.76 bits per heavy atom. The summed E-state index contributed by atoms with van der Waals surface area (Å²) in [6.45, 7) is 11.6. The number of rotatable bonds is 2. The zero-order valence-electron chi connectivity index (χ0n) is 14.0. The van der Waals surface area contributed by atoms with E-state index in [1.165, 1.54) is 5.71 Å². The summed E-state index contributed by atoms with van der Waals surface area (Å²) in [5.41, 5.74) is 1.29. The molecule has 0 N–H and O–H groups in total. The summed E-state index contributed by atoms with van der Waals surface area (Å²) in [6, 6.07) is 0. The van der Waals surface area contributed by atoms with Gasteiger partial charge in [-0.2, -0.15) is 0 Å². The van der Waals surface area contributed by atoms with E-state index < -0.39 is 0 Å². The summed E-state index contributed by atoms with van der Waals surface area (Å²) >= 11 is 0. The molecule has 0 aliphatic carbocycles. The predicted octanol–water partition coefficient (Wildman–Crippen LogP) is 4.27. The van der Waals surface area contributed by atoms with Gasteiger partial charge in [-0.25, -0.2) is 0 Å². The molecule has 21 heavy (non-hydrogen) atoms. The van der Waals surface area contributed by atoms with Crippen molar-refractivity contribution in [2.45, 2.75) is 59.4 Å². The Kier molecular flexibility index (Phi) is 5.45. The Hall–Kier alpha value is -0.865. The van der Waals surface area contributed by atoms with E-state index >= 15 is 0 Å². The second-order valence-electron chi connectivity index (χ2n) is 6.91. The average Bonchev–Trinajstić information content (AvgIpc) is 2.52. The molecule has 2 rings (SSSR count). The molecule has 0 aromatic rings. The molecule has 2 aliphatic rings. The van der Waals surface area contributed by atoms with Gasteiger partial charge in [0.15, 0.2) is 0 Å². The van der Waals surface area contributed by atoms with Gasteiger partial charge < -0.3 is 9.31 Å². The lowest BCUT2D eigenvalue weighted by molar-refractivity contribution is -0.0310. The maximum atomic E-state index is 6.15. The van der Waals surface area contributed by atoms with Crippen molar-refractivity contribution in [2.75, 3.05) is 6.61 Å². The fourth-order valence-corrected chi connectivity index (χ4v) is 2.64. The van der Waals surface area contributed by atoms with Crippen molar-refractivity contribution < 1.29 is 9.31 Å². The van der Waals surface area contributed by atoms with Gasteiger partial charge in [0.2, 0.25) is 0 Å². The molecular formula is C17H28BNO2. The molecule has 0 aromatic heterocycles. The lowest BCUT2D eigenvalue weighted by Gasteiger charge is -2.41. The van der Waals surface area contributed by atoms with Crippen LogP contribution in [0.3, 0.4) is 0 Å². The second-order valence-corrected chi connectivity index (χ2v) is 6.91. The molecule has 0 spiro atoms. The lowest BCUT2D eigenvalue weighted by Crippen LogP contribution is -2.48. The standard InChI is InChI=1S/C17H28BNO2/c1-6-15-9-7-8-13(2)16(10-11-19-15)18-20-12-17(4,5)14(3)21-18/h7-8,10-11,13-14,16H,6,9,12H2,1-5H3/b8-7-,11-10+,19-15?. The first kappa shape index (κ1) is 16.5. The van der Waals surface area contributed by atoms with Crippen LogP contribution in [-0.4, -0.2) is 25.5 Å². The maximum absolute atomic E-state index is 6.15. The van der Waals surface area contributed by atoms with E-state index in [1.807, 2.05) is 6.20 Å². The van der Waals surface area contributed by atoms with Crippen molar-refractivity contribution in [3.8, 4) is 0 Å². The summed E-state index contributed by atoms with van der Waals surface area (Å²) in [7, 11) is -0.178. The van der Waals surface area contributed by atoms with E-state index in [4.69, 9.17) is 9.31 Å². The zero-order chi connectivity index (χ0) is 15.5. The van der Waals surface area contributed by atoms with Crippen LogP contribution < -0.4 is 0 Å². The van der Waals surface area contributed by atoms with E-state index in [-0.39, 0.29) is 24.5 Å². The summed E-state index contributed by atoms with van der Waals surface area (Å²) < 4.78 is 12.2. The van der Waals surface area contributed by atoms with Crippen molar-refractivity contribution in [1.29, 1.82) is 0 Å². The van der Waals surface area contributed by atoms with Crippen molar-refractivity contribution in [3.63, 3.8) is 0 Å². The van der Waals surface area contributed by atoms with Crippen LogP contribution in [0.25, 0.3) is 0 Å². The molecule has 1 fully saturated rings. The van der Waals surface area contributed by atoms with Crippen LogP contribution in [-0.2, 0) is 9.31 Å². The predicted molar refractivity (Wildman–Crippen MR) is 89.6 cm³/mol. The molecule has 1 saturated heterocycles. The van der Waals surface area contributed by atoms with E-state index in [0.29, 0.717) is 5.92 Å². The molecule has 0 aromatic carbocycles. The third-order valence-corrected chi connectivity index (χ3v) is 4.75. The Balaban J connectivity index is 2.13. The molecule has 3 unspecified atom stereocenters. The summed E-state index contributed by atoms with van der Waals surface area (Å²) in [5.74, 6) is 0.589. The van der Waals surface area contributed by atoms with Gasteiger partial charge in [0.05, 0.1) is 0 Å². The first-order valence-electron chi connectivity index (χ1n) is 8.10. The topological polar surface area (TPSA) is 30.8 Å². The zero-order valence-corrected chi connectivity index (χ0v) is 14.0. The number of allylic oxidation sites excluding steroid dienone is 3. The number of nitrogens with zero attached hydrogens (tertiary/aromatic N) is 1. The van der Waals surface area contributed by atoms with Crippen LogP contribution in [0.5, 0.6) is 0 Å². The molecule has 0 saturated carbocycles.